The second kappa shape index (κ2) is 11.0. The maximum absolute atomic E-state index is 10.1. The van der Waals surface area contributed by atoms with E-state index in [0.29, 0.717) is 12.0 Å². The lowest BCUT2D eigenvalue weighted by molar-refractivity contribution is -0.00807. The number of hydrogen-bond donors (Lipinski definition) is 0. The Morgan fingerprint density at radius 3 is 2.04 bits per heavy atom. The molecular weight excluding hydrogens is 342 g/mol. The third kappa shape index (κ3) is 5.53. The molecule has 0 saturated heterocycles. The van der Waals surface area contributed by atoms with E-state index < -0.39 is 0 Å². The van der Waals surface area contributed by atoms with E-state index in [4.69, 9.17) is 4.74 Å². The molecule has 3 fully saturated rings. The third-order valence-corrected chi connectivity index (χ3v) is 8.71. The SMILES string of the molecule is CCCCOC1CCC([C@]2(C#N)CC[C@@H](C3CCC(CCC)CC3)CC2)CC1. The summed E-state index contributed by atoms with van der Waals surface area (Å²) in [5, 5.41) is 10.1. The lowest BCUT2D eigenvalue weighted by Crippen LogP contribution is -2.38. The van der Waals surface area contributed by atoms with Crippen LogP contribution in [-0.2, 0) is 4.74 Å². The van der Waals surface area contributed by atoms with Crippen molar-refractivity contribution in [2.45, 2.75) is 123 Å². The maximum Gasteiger partial charge on any atom is 0.0692 e. The summed E-state index contributed by atoms with van der Waals surface area (Å²) < 4.78 is 6.07. The molecule has 2 nitrogen and oxygen atoms in total. The zero-order valence-electron chi connectivity index (χ0n) is 18.8. The lowest BCUT2D eigenvalue weighted by atomic mass is 9.58. The van der Waals surface area contributed by atoms with Crippen LogP contribution in [0.25, 0.3) is 0 Å². The van der Waals surface area contributed by atoms with Crippen LogP contribution in [0, 0.1) is 40.4 Å². The van der Waals surface area contributed by atoms with E-state index in [-0.39, 0.29) is 5.41 Å². The van der Waals surface area contributed by atoms with Crippen molar-refractivity contribution in [2.24, 2.45) is 29.1 Å². The summed E-state index contributed by atoms with van der Waals surface area (Å²) in [5.41, 5.74) is -0.00962. The van der Waals surface area contributed by atoms with Crippen LogP contribution in [-0.4, -0.2) is 12.7 Å². The predicted molar refractivity (Wildman–Crippen MR) is 117 cm³/mol. The molecule has 0 amide bonds. The minimum Gasteiger partial charge on any atom is -0.378 e. The summed E-state index contributed by atoms with van der Waals surface area (Å²) >= 11 is 0. The number of unbranched alkanes of at least 4 members (excludes halogenated alkanes) is 1. The van der Waals surface area contributed by atoms with Gasteiger partial charge in [0.25, 0.3) is 0 Å². The second-order valence-electron chi connectivity index (χ2n) is 10.4. The fourth-order valence-corrected chi connectivity index (χ4v) is 6.77. The topological polar surface area (TPSA) is 33.0 Å². The summed E-state index contributed by atoms with van der Waals surface area (Å²) in [6.45, 7) is 5.49. The summed E-state index contributed by atoms with van der Waals surface area (Å²) in [5.74, 6) is 3.52. The quantitative estimate of drug-likeness (QED) is 0.400. The molecule has 0 aromatic carbocycles. The van der Waals surface area contributed by atoms with Crippen LogP contribution in [0.3, 0.4) is 0 Å². The molecule has 0 aromatic rings. The van der Waals surface area contributed by atoms with Crippen molar-refractivity contribution >= 4 is 0 Å². The Bertz CT molecular complexity index is 471. The summed E-state index contributed by atoms with van der Waals surface area (Å²) in [6.07, 6.45) is 21.4. The van der Waals surface area contributed by atoms with Crippen LogP contribution in [0.5, 0.6) is 0 Å². The predicted octanol–water partition coefficient (Wildman–Crippen LogP) is 7.67. The fourth-order valence-electron chi connectivity index (χ4n) is 6.77. The molecular formula is C26H45NO. The van der Waals surface area contributed by atoms with Crippen molar-refractivity contribution < 1.29 is 4.74 Å². The number of nitriles is 1. The molecule has 0 aliphatic heterocycles. The lowest BCUT2D eigenvalue weighted by Gasteiger charge is -2.45. The molecule has 3 aliphatic carbocycles. The van der Waals surface area contributed by atoms with Crippen molar-refractivity contribution in [1.82, 2.24) is 0 Å². The maximum atomic E-state index is 10.1. The molecule has 3 saturated carbocycles. The van der Waals surface area contributed by atoms with Gasteiger partial charge in [-0.3, -0.25) is 0 Å². The highest BCUT2D eigenvalue weighted by Gasteiger charge is 2.44. The minimum atomic E-state index is -0.00962. The van der Waals surface area contributed by atoms with Crippen LogP contribution in [0.1, 0.15) is 117 Å². The van der Waals surface area contributed by atoms with Gasteiger partial charge in [-0.25, -0.2) is 0 Å². The molecule has 160 valence electrons. The molecule has 3 aliphatic rings. The Kier molecular flexibility index (Phi) is 8.71. The van der Waals surface area contributed by atoms with Gasteiger partial charge < -0.3 is 4.74 Å². The molecule has 0 unspecified atom stereocenters. The molecule has 0 N–H and O–H groups in total. The Labute approximate surface area is 174 Å². The van der Waals surface area contributed by atoms with Gasteiger partial charge in [-0.05, 0) is 94.3 Å². The molecule has 28 heavy (non-hydrogen) atoms. The number of ether oxygens (including phenoxy) is 1. The van der Waals surface area contributed by atoms with Gasteiger partial charge in [0.2, 0.25) is 0 Å². The zero-order valence-corrected chi connectivity index (χ0v) is 18.8. The molecule has 0 aromatic heterocycles. The summed E-state index contributed by atoms with van der Waals surface area (Å²) in [4.78, 5) is 0. The van der Waals surface area contributed by atoms with E-state index in [2.05, 4.69) is 19.9 Å². The first-order valence-electron chi connectivity index (χ1n) is 12.7. The van der Waals surface area contributed by atoms with Gasteiger partial charge in [-0.15, -0.1) is 0 Å². The Morgan fingerprint density at radius 1 is 0.821 bits per heavy atom. The second-order valence-corrected chi connectivity index (χ2v) is 10.4. The van der Waals surface area contributed by atoms with Gasteiger partial charge in [0.05, 0.1) is 17.6 Å². The van der Waals surface area contributed by atoms with Gasteiger partial charge >= 0.3 is 0 Å². The number of nitrogens with zero attached hydrogens (tertiary/aromatic N) is 1. The van der Waals surface area contributed by atoms with Crippen LogP contribution in [0.2, 0.25) is 0 Å². The molecule has 0 radical (unpaired) electrons. The third-order valence-electron chi connectivity index (χ3n) is 8.71. The van der Waals surface area contributed by atoms with Gasteiger partial charge in [-0.2, -0.15) is 5.26 Å². The standard InChI is InChI=1S/C26H45NO/c1-3-5-19-28-25-13-11-24(12-14-25)26(20-27)17-15-23(16-18-26)22-9-7-21(6-4-2)8-10-22/h21-25H,3-19H2,1-2H3/t21?,22?,23-,24?,25?,26-. The van der Waals surface area contributed by atoms with E-state index in [1.54, 1.807) is 0 Å². The smallest absolute Gasteiger partial charge is 0.0692 e. The molecule has 0 heterocycles. The molecule has 0 bridgehead atoms. The van der Waals surface area contributed by atoms with Gasteiger partial charge in [0.15, 0.2) is 0 Å². The van der Waals surface area contributed by atoms with E-state index in [9.17, 15) is 5.26 Å². The monoisotopic (exact) mass is 387 g/mol. The average molecular weight is 388 g/mol. The fraction of sp³-hybridized carbons (Fsp3) is 0.962. The van der Waals surface area contributed by atoms with Gasteiger partial charge in [0.1, 0.15) is 0 Å². The van der Waals surface area contributed by atoms with Crippen molar-refractivity contribution in [1.29, 1.82) is 5.26 Å². The van der Waals surface area contributed by atoms with Gasteiger partial charge in [-0.1, -0.05) is 46.0 Å². The average Bonchev–Trinajstić information content (AvgIpc) is 2.75. The van der Waals surface area contributed by atoms with Crippen molar-refractivity contribution in [3.05, 3.63) is 0 Å². The van der Waals surface area contributed by atoms with Crippen LogP contribution in [0.4, 0.5) is 0 Å². The van der Waals surface area contributed by atoms with Crippen molar-refractivity contribution in [3.63, 3.8) is 0 Å². The summed E-state index contributed by atoms with van der Waals surface area (Å²) in [7, 11) is 0. The highest BCUT2D eigenvalue weighted by Crippen LogP contribution is 2.52. The van der Waals surface area contributed by atoms with Crippen LogP contribution >= 0.6 is 0 Å². The first kappa shape index (κ1) is 22.1. The van der Waals surface area contributed by atoms with E-state index in [1.807, 2.05) is 0 Å². The van der Waals surface area contributed by atoms with Crippen molar-refractivity contribution in [2.75, 3.05) is 6.61 Å². The highest BCUT2D eigenvalue weighted by atomic mass is 16.5. The van der Waals surface area contributed by atoms with Crippen LogP contribution in [0.15, 0.2) is 0 Å². The van der Waals surface area contributed by atoms with Crippen molar-refractivity contribution in [3.8, 4) is 6.07 Å². The zero-order chi connectivity index (χ0) is 19.8. The number of hydrogen-bond acceptors (Lipinski definition) is 2. The Balaban J connectivity index is 1.44. The first-order valence-corrected chi connectivity index (χ1v) is 12.7. The first-order chi connectivity index (χ1) is 13.7. The Morgan fingerprint density at radius 2 is 1.46 bits per heavy atom. The summed E-state index contributed by atoms with van der Waals surface area (Å²) in [6, 6.07) is 2.86. The molecule has 0 spiro atoms. The Hall–Kier alpha value is -0.550. The molecule has 3 rings (SSSR count). The highest BCUT2D eigenvalue weighted by molar-refractivity contribution is 5.06. The van der Waals surface area contributed by atoms with Crippen LogP contribution < -0.4 is 0 Å². The number of rotatable bonds is 8. The molecule has 0 atom stereocenters. The van der Waals surface area contributed by atoms with E-state index in [1.165, 1.54) is 103 Å². The minimum absolute atomic E-state index is 0.00962. The van der Waals surface area contributed by atoms with Gasteiger partial charge in [0, 0.05) is 6.61 Å². The largest absolute Gasteiger partial charge is 0.378 e. The normalized spacial score (nSPS) is 39.4. The van der Waals surface area contributed by atoms with E-state index >= 15 is 0 Å². The van der Waals surface area contributed by atoms with E-state index in [0.717, 1.165) is 24.4 Å². The molecule has 2 heteroatoms.